The van der Waals surface area contributed by atoms with Gasteiger partial charge in [0.2, 0.25) is 0 Å². The first-order chi connectivity index (χ1) is 9.16. The highest BCUT2D eigenvalue weighted by Crippen LogP contribution is 2.21. The molecule has 2 aromatic carbocycles. The molecule has 0 heterocycles. The molecular weight excluding hydrogens is 328 g/mol. The third kappa shape index (κ3) is 4.16. The second kappa shape index (κ2) is 6.85. The molecule has 0 atom stereocenters. The van der Waals surface area contributed by atoms with E-state index in [0.29, 0.717) is 17.2 Å². The minimum atomic E-state index is -0.117. The van der Waals surface area contributed by atoms with E-state index in [4.69, 9.17) is 16.3 Å². The van der Waals surface area contributed by atoms with Crippen LogP contribution in [0, 0.1) is 0 Å². The van der Waals surface area contributed by atoms with E-state index in [9.17, 15) is 4.79 Å². The molecule has 0 fully saturated rings. The maximum atomic E-state index is 11.9. The minimum Gasteiger partial charge on any atom is -0.369 e. The highest BCUT2D eigenvalue weighted by atomic mass is 79.9. The van der Waals surface area contributed by atoms with Crippen molar-refractivity contribution in [3.05, 3.63) is 69.2 Å². The monoisotopic (exact) mass is 338 g/mol. The molecule has 0 radical (unpaired) electrons. The third-order valence-electron chi connectivity index (χ3n) is 2.58. The van der Waals surface area contributed by atoms with Crippen molar-refractivity contribution in [2.75, 3.05) is 6.61 Å². The Morgan fingerprint density at radius 2 is 1.89 bits per heavy atom. The second-order valence-corrected chi connectivity index (χ2v) is 5.35. The number of benzene rings is 2. The van der Waals surface area contributed by atoms with Crippen LogP contribution in [0.2, 0.25) is 5.02 Å². The molecule has 2 nitrogen and oxygen atoms in total. The Hall–Kier alpha value is -1.16. The van der Waals surface area contributed by atoms with Gasteiger partial charge in [-0.15, -0.1) is 0 Å². The van der Waals surface area contributed by atoms with E-state index in [0.717, 1.165) is 10.0 Å². The van der Waals surface area contributed by atoms with Crippen LogP contribution in [0.4, 0.5) is 0 Å². The number of Topliss-reactive ketones (excluding diaryl/α,β-unsaturated/α-hetero) is 1. The van der Waals surface area contributed by atoms with Crippen LogP contribution in [-0.2, 0) is 11.3 Å². The van der Waals surface area contributed by atoms with Crippen LogP contribution >= 0.6 is 27.5 Å². The summed E-state index contributed by atoms with van der Waals surface area (Å²) in [5, 5.41) is 0.433. The van der Waals surface area contributed by atoms with Gasteiger partial charge in [-0.05, 0) is 23.8 Å². The fraction of sp³-hybridized carbons (Fsp3) is 0.133. The van der Waals surface area contributed by atoms with Crippen molar-refractivity contribution < 1.29 is 9.53 Å². The van der Waals surface area contributed by atoms with Crippen molar-refractivity contribution in [1.82, 2.24) is 0 Å². The quantitative estimate of drug-likeness (QED) is 0.750. The van der Waals surface area contributed by atoms with Crippen LogP contribution < -0.4 is 0 Å². The maximum absolute atomic E-state index is 11.9. The summed E-state index contributed by atoms with van der Waals surface area (Å²) in [6, 6.07) is 14.9. The lowest BCUT2D eigenvalue weighted by molar-refractivity contribution is 0.0727. The summed E-state index contributed by atoms with van der Waals surface area (Å²) >= 11 is 9.32. The van der Waals surface area contributed by atoms with Crippen molar-refractivity contribution in [3.8, 4) is 0 Å². The molecule has 0 aliphatic carbocycles. The zero-order valence-corrected chi connectivity index (χ0v) is 12.4. The van der Waals surface area contributed by atoms with Crippen LogP contribution in [0.15, 0.2) is 53.0 Å². The standard InChI is InChI=1S/C15H12BrClO2/c16-12-6-7-13(14(17)8-12)15(18)10-19-9-11-4-2-1-3-5-11/h1-8H,9-10H2. The van der Waals surface area contributed by atoms with E-state index in [2.05, 4.69) is 15.9 Å². The number of hydrogen-bond acceptors (Lipinski definition) is 2. The molecule has 0 amide bonds. The van der Waals surface area contributed by atoms with Crippen molar-refractivity contribution in [1.29, 1.82) is 0 Å². The van der Waals surface area contributed by atoms with E-state index < -0.39 is 0 Å². The summed E-state index contributed by atoms with van der Waals surface area (Å²) in [6.45, 7) is 0.441. The first-order valence-electron chi connectivity index (χ1n) is 5.77. The number of rotatable bonds is 5. The largest absolute Gasteiger partial charge is 0.369 e. The van der Waals surface area contributed by atoms with Crippen LogP contribution in [0.25, 0.3) is 0 Å². The molecule has 0 aliphatic rings. The van der Waals surface area contributed by atoms with Gasteiger partial charge in [-0.3, -0.25) is 4.79 Å². The molecule has 0 unspecified atom stereocenters. The van der Waals surface area contributed by atoms with Gasteiger partial charge in [0.25, 0.3) is 0 Å². The van der Waals surface area contributed by atoms with E-state index >= 15 is 0 Å². The van der Waals surface area contributed by atoms with E-state index in [1.165, 1.54) is 0 Å². The number of ketones is 1. The zero-order valence-electron chi connectivity index (χ0n) is 10.1. The molecule has 2 aromatic rings. The highest BCUT2D eigenvalue weighted by Gasteiger charge is 2.10. The summed E-state index contributed by atoms with van der Waals surface area (Å²) in [5.74, 6) is -0.117. The minimum absolute atomic E-state index is 0.0241. The summed E-state index contributed by atoms with van der Waals surface area (Å²) in [5.41, 5.74) is 1.52. The van der Waals surface area contributed by atoms with E-state index in [1.807, 2.05) is 30.3 Å². The molecule has 98 valence electrons. The molecule has 19 heavy (non-hydrogen) atoms. The van der Waals surface area contributed by atoms with Gasteiger partial charge in [0.05, 0.1) is 11.6 Å². The number of carbonyl (C=O) groups excluding carboxylic acids is 1. The predicted molar refractivity (Wildman–Crippen MR) is 79.6 cm³/mol. The lowest BCUT2D eigenvalue weighted by Crippen LogP contribution is -2.09. The van der Waals surface area contributed by atoms with E-state index in [-0.39, 0.29) is 12.4 Å². The molecule has 0 saturated carbocycles. The first kappa shape index (κ1) is 14.3. The Morgan fingerprint density at radius 3 is 2.58 bits per heavy atom. The number of carbonyl (C=O) groups is 1. The number of ether oxygens (including phenoxy) is 1. The molecule has 4 heteroatoms. The van der Waals surface area contributed by atoms with Gasteiger partial charge in [-0.2, -0.15) is 0 Å². The molecule has 0 aromatic heterocycles. The van der Waals surface area contributed by atoms with Crippen LogP contribution in [0.3, 0.4) is 0 Å². The Bertz CT molecular complexity index is 570. The molecule has 0 N–H and O–H groups in total. The fourth-order valence-corrected chi connectivity index (χ4v) is 2.41. The van der Waals surface area contributed by atoms with Crippen molar-refractivity contribution in [2.45, 2.75) is 6.61 Å². The SMILES string of the molecule is O=C(COCc1ccccc1)c1ccc(Br)cc1Cl. The van der Waals surface area contributed by atoms with Gasteiger partial charge in [-0.1, -0.05) is 57.9 Å². The van der Waals surface area contributed by atoms with Crippen molar-refractivity contribution in [3.63, 3.8) is 0 Å². The Kier molecular flexibility index (Phi) is 5.14. The summed E-state index contributed by atoms with van der Waals surface area (Å²) in [6.07, 6.45) is 0. The zero-order chi connectivity index (χ0) is 13.7. The Morgan fingerprint density at radius 1 is 1.16 bits per heavy atom. The van der Waals surface area contributed by atoms with Gasteiger partial charge >= 0.3 is 0 Å². The number of halogens is 2. The molecule has 0 saturated heterocycles. The average Bonchev–Trinajstić information content (AvgIpc) is 2.39. The maximum Gasteiger partial charge on any atom is 0.189 e. The molecule has 2 rings (SSSR count). The lowest BCUT2D eigenvalue weighted by atomic mass is 10.1. The number of hydrogen-bond donors (Lipinski definition) is 0. The molecule has 0 aliphatic heterocycles. The average molecular weight is 340 g/mol. The van der Waals surface area contributed by atoms with Crippen LogP contribution in [-0.4, -0.2) is 12.4 Å². The smallest absolute Gasteiger partial charge is 0.189 e. The second-order valence-electron chi connectivity index (χ2n) is 4.03. The highest BCUT2D eigenvalue weighted by molar-refractivity contribution is 9.10. The molecule has 0 bridgehead atoms. The normalized spacial score (nSPS) is 10.4. The fourth-order valence-electron chi connectivity index (χ4n) is 1.63. The van der Waals surface area contributed by atoms with Crippen LogP contribution in [0.5, 0.6) is 0 Å². The summed E-state index contributed by atoms with van der Waals surface area (Å²) in [4.78, 5) is 11.9. The van der Waals surface area contributed by atoms with Gasteiger partial charge < -0.3 is 4.74 Å². The van der Waals surface area contributed by atoms with Gasteiger partial charge in [0.1, 0.15) is 6.61 Å². The molecule has 0 spiro atoms. The lowest BCUT2D eigenvalue weighted by Gasteiger charge is -2.06. The first-order valence-corrected chi connectivity index (χ1v) is 6.94. The topological polar surface area (TPSA) is 26.3 Å². The van der Waals surface area contributed by atoms with Crippen LogP contribution in [0.1, 0.15) is 15.9 Å². The van der Waals surface area contributed by atoms with E-state index in [1.54, 1.807) is 18.2 Å². The predicted octanol–water partition coefficient (Wildman–Crippen LogP) is 4.50. The van der Waals surface area contributed by atoms with Crippen molar-refractivity contribution >= 4 is 33.3 Å². The van der Waals surface area contributed by atoms with Gasteiger partial charge in [0.15, 0.2) is 5.78 Å². The Labute approximate surface area is 125 Å². The summed E-state index contributed by atoms with van der Waals surface area (Å²) < 4.78 is 6.25. The van der Waals surface area contributed by atoms with Gasteiger partial charge in [-0.25, -0.2) is 0 Å². The third-order valence-corrected chi connectivity index (χ3v) is 3.38. The van der Waals surface area contributed by atoms with Gasteiger partial charge in [0, 0.05) is 10.0 Å². The Balaban J connectivity index is 1.91. The van der Waals surface area contributed by atoms with Crippen molar-refractivity contribution in [2.24, 2.45) is 0 Å². The summed E-state index contributed by atoms with van der Waals surface area (Å²) in [7, 11) is 0. The molecular formula is C15H12BrClO2.